The summed E-state index contributed by atoms with van der Waals surface area (Å²) in [6.45, 7) is 0.428. The van der Waals surface area contributed by atoms with Crippen LogP contribution in [0.25, 0.3) is 10.9 Å². The number of hydrogen-bond donors (Lipinski definition) is 2. The van der Waals surface area contributed by atoms with Gasteiger partial charge in [0.05, 0.1) is 11.2 Å². The molecule has 0 saturated carbocycles. The lowest BCUT2D eigenvalue weighted by atomic mass is 10.2. The van der Waals surface area contributed by atoms with Crippen LogP contribution in [-0.4, -0.2) is 16.0 Å². The van der Waals surface area contributed by atoms with Crippen LogP contribution in [0.15, 0.2) is 61.1 Å². The van der Waals surface area contributed by atoms with Gasteiger partial charge in [-0.3, -0.25) is 9.97 Å². The molecular formula is C16H14N4O. The van der Waals surface area contributed by atoms with E-state index in [1.54, 1.807) is 18.6 Å². The molecule has 0 radical (unpaired) electrons. The molecule has 1 aromatic carbocycles. The summed E-state index contributed by atoms with van der Waals surface area (Å²) in [5, 5.41) is 6.60. The maximum Gasteiger partial charge on any atom is 0.319 e. The summed E-state index contributed by atoms with van der Waals surface area (Å²) < 4.78 is 0. The maximum atomic E-state index is 12.0. The molecule has 0 bridgehead atoms. The fourth-order valence-electron chi connectivity index (χ4n) is 2.06. The van der Waals surface area contributed by atoms with Crippen molar-refractivity contribution in [3.8, 4) is 0 Å². The summed E-state index contributed by atoms with van der Waals surface area (Å²) in [4.78, 5) is 20.3. The van der Waals surface area contributed by atoms with Gasteiger partial charge in [0.25, 0.3) is 0 Å². The van der Waals surface area contributed by atoms with Crippen molar-refractivity contribution in [3.63, 3.8) is 0 Å². The van der Waals surface area contributed by atoms with Gasteiger partial charge in [-0.25, -0.2) is 4.79 Å². The van der Waals surface area contributed by atoms with Crippen molar-refractivity contribution in [1.82, 2.24) is 15.3 Å². The molecule has 2 heterocycles. The first-order valence-corrected chi connectivity index (χ1v) is 6.60. The van der Waals surface area contributed by atoms with Gasteiger partial charge in [-0.2, -0.15) is 0 Å². The Labute approximate surface area is 122 Å². The van der Waals surface area contributed by atoms with Crippen LogP contribution in [0.3, 0.4) is 0 Å². The quantitative estimate of drug-likeness (QED) is 0.774. The summed E-state index contributed by atoms with van der Waals surface area (Å²) in [6.07, 6.45) is 5.13. The number of carbonyl (C=O) groups is 1. The van der Waals surface area contributed by atoms with Crippen molar-refractivity contribution < 1.29 is 4.79 Å². The molecule has 0 atom stereocenters. The third kappa shape index (κ3) is 3.14. The van der Waals surface area contributed by atoms with Gasteiger partial charge in [-0.05, 0) is 23.8 Å². The molecule has 2 N–H and O–H groups in total. The third-order valence-electron chi connectivity index (χ3n) is 3.06. The number of amides is 2. The Bertz CT molecular complexity index is 753. The molecule has 0 aliphatic carbocycles. The normalized spacial score (nSPS) is 10.3. The molecule has 0 unspecified atom stereocenters. The highest BCUT2D eigenvalue weighted by molar-refractivity contribution is 5.99. The highest BCUT2D eigenvalue weighted by atomic mass is 16.2. The number of benzene rings is 1. The van der Waals surface area contributed by atoms with Gasteiger partial charge in [0.2, 0.25) is 0 Å². The number of nitrogens with one attached hydrogen (secondary N) is 2. The topological polar surface area (TPSA) is 66.9 Å². The van der Waals surface area contributed by atoms with Crippen LogP contribution in [0, 0.1) is 0 Å². The van der Waals surface area contributed by atoms with Gasteiger partial charge in [0.1, 0.15) is 0 Å². The molecule has 2 amide bonds. The molecule has 104 valence electrons. The minimum absolute atomic E-state index is 0.267. The lowest BCUT2D eigenvalue weighted by molar-refractivity contribution is 0.252. The van der Waals surface area contributed by atoms with Crippen LogP contribution in [0.4, 0.5) is 10.5 Å². The smallest absolute Gasteiger partial charge is 0.319 e. The van der Waals surface area contributed by atoms with E-state index >= 15 is 0 Å². The van der Waals surface area contributed by atoms with E-state index in [0.29, 0.717) is 12.2 Å². The maximum absolute atomic E-state index is 12.0. The van der Waals surface area contributed by atoms with Gasteiger partial charge in [0.15, 0.2) is 0 Å². The Morgan fingerprint density at radius 1 is 1.05 bits per heavy atom. The monoisotopic (exact) mass is 278 g/mol. The Morgan fingerprint density at radius 2 is 1.90 bits per heavy atom. The number of hydrogen-bond acceptors (Lipinski definition) is 3. The van der Waals surface area contributed by atoms with E-state index in [1.165, 1.54) is 0 Å². The molecule has 5 nitrogen and oxygen atoms in total. The van der Waals surface area contributed by atoms with Gasteiger partial charge in [-0.15, -0.1) is 0 Å². The molecule has 0 saturated heterocycles. The number of anilines is 1. The summed E-state index contributed by atoms with van der Waals surface area (Å²) in [6, 6.07) is 13.0. The molecule has 3 aromatic rings. The average Bonchev–Trinajstić information content (AvgIpc) is 2.54. The average molecular weight is 278 g/mol. The zero-order chi connectivity index (χ0) is 14.5. The Kier molecular flexibility index (Phi) is 3.73. The summed E-state index contributed by atoms with van der Waals surface area (Å²) >= 11 is 0. The Morgan fingerprint density at radius 3 is 2.76 bits per heavy atom. The zero-order valence-electron chi connectivity index (χ0n) is 11.3. The molecule has 0 fully saturated rings. The zero-order valence-corrected chi connectivity index (χ0v) is 11.3. The second kappa shape index (κ2) is 6.00. The van der Waals surface area contributed by atoms with Crippen molar-refractivity contribution in [1.29, 1.82) is 0 Å². The van der Waals surface area contributed by atoms with Crippen molar-refractivity contribution in [2.45, 2.75) is 6.54 Å². The number of para-hydroxylation sites is 1. The SMILES string of the molecule is O=C(NCc1cccnc1)Nc1cccc2cccnc12. The number of aromatic nitrogens is 2. The fraction of sp³-hybridized carbons (Fsp3) is 0.0625. The Hall–Kier alpha value is -2.95. The summed E-state index contributed by atoms with van der Waals surface area (Å²) in [5.41, 5.74) is 2.41. The van der Waals surface area contributed by atoms with E-state index in [9.17, 15) is 4.79 Å². The van der Waals surface area contributed by atoms with E-state index < -0.39 is 0 Å². The second-order valence-corrected chi connectivity index (χ2v) is 4.55. The fourth-order valence-corrected chi connectivity index (χ4v) is 2.06. The van der Waals surface area contributed by atoms with Gasteiger partial charge in [-0.1, -0.05) is 24.3 Å². The molecule has 3 rings (SSSR count). The standard InChI is InChI=1S/C16H14N4O/c21-16(19-11-12-4-2-8-17-10-12)20-14-7-1-5-13-6-3-9-18-15(13)14/h1-10H,11H2,(H2,19,20,21). The number of rotatable bonds is 3. The van der Waals surface area contributed by atoms with Crippen LogP contribution in [0.5, 0.6) is 0 Å². The lowest BCUT2D eigenvalue weighted by Crippen LogP contribution is -2.28. The van der Waals surface area contributed by atoms with Crippen molar-refractivity contribution in [3.05, 3.63) is 66.6 Å². The van der Waals surface area contributed by atoms with Gasteiger partial charge in [0, 0.05) is 30.5 Å². The molecule has 5 heteroatoms. The largest absolute Gasteiger partial charge is 0.334 e. The second-order valence-electron chi connectivity index (χ2n) is 4.55. The first-order valence-electron chi connectivity index (χ1n) is 6.60. The number of carbonyl (C=O) groups excluding carboxylic acids is 1. The Balaban J connectivity index is 1.69. The van der Waals surface area contributed by atoms with E-state index in [0.717, 1.165) is 16.5 Å². The lowest BCUT2D eigenvalue weighted by Gasteiger charge is -2.09. The third-order valence-corrected chi connectivity index (χ3v) is 3.06. The number of fused-ring (bicyclic) bond motifs is 1. The van der Waals surface area contributed by atoms with Crippen molar-refractivity contribution in [2.75, 3.05) is 5.32 Å². The van der Waals surface area contributed by atoms with Crippen LogP contribution in [0.2, 0.25) is 0 Å². The van der Waals surface area contributed by atoms with Crippen molar-refractivity contribution >= 4 is 22.6 Å². The van der Waals surface area contributed by atoms with E-state index in [-0.39, 0.29) is 6.03 Å². The molecule has 0 spiro atoms. The van der Waals surface area contributed by atoms with Gasteiger partial charge >= 0.3 is 6.03 Å². The van der Waals surface area contributed by atoms with Crippen LogP contribution in [-0.2, 0) is 6.54 Å². The van der Waals surface area contributed by atoms with Crippen LogP contribution in [0.1, 0.15) is 5.56 Å². The number of urea groups is 1. The summed E-state index contributed by atoms with van der Waals surface area (Å²) in [7, 11) is 0. The van der Waals surface area contributed by atoms with Gasteiger partial charge < -0.3 is 10.6 Å². The molecule has 0 aliphatic rings. The molecule has 0 aliphatic heterocycles. The van der Waals surface area contributed by atoms with E-state index in [2.05, 4.69) is 20.6 Å². The van der Waals surface area contributed by atoms with Crippen LogP contribution >= 0.6 is 0 Å². The number of nitrogens with zero attached hydrogens (tertiary/aromatic N) is 2. The van der Waals surface area contributed by atoms with Crippen molar-refractivity contribution in [2.24, 2.45) is 0 Å². The first-order chi connectivity index (χ1) is 10.3. The number of pyridine rings is 2. The molecule has 21 heavy (non-hydrogen) atoms. The minimum Gasteiger partial charge on any atom is -0.334 e. The predicted molar refractivity (Wildman–Crippen MR) is 81.8 cm³/mol. The van der Waals surface area contributed by atoms with Crippen LogP contribution < -0.4 is 10.6 Å². The predicted octanol–water partition coefficient (Wildman–Crippen LogP) is 2.95. The summed E-state index contributed by atoms with van der Waals surface area (Å²) in [5.74, 6) is 0. The van der Waals surface area contributed by atoms with E-state index in [4.69, 9.17) is 0 Å². The highest BCUT2D eigenvalue weighted by Gasteiger charge is 2.05. The highest BCUT2D eigenvalue weighted by Crippen LogP contribution is 2.20. The minimum atomic E-state index is -0.267. The first kappa shape index (κ1) is 13.1. The molecule has 2 aromatic heterocycles. The molecular weight excluding hydrogens is 264 g/mol. The van der Waals surface area contributed by atoms with E-state index in [1.807, 2.05) is 42.5 Å².